The Bertz CT molecular complexity index is 468. The van der Waals surface area contributed by atoms with Crippen LogP contribution >= 0.6 is 0 Å². The first-order chi connectivity index (χ1) is 10.1. The van der Waals surface area contributed by atoms with Crippen LogP contribution in [0.2, 0.25) is 0 Å². The molecular weight excluding hydrogens is 266 g/mol. The fourth-order valence-electron chi connectivity index (χ4n) is 2.41. The van der Waals surface area contributed by atoms with E-state index >= 15 is 0 Å². The number of carbonyl (C=O) groups excluding carboxylic acids is 1. The lowest BCUT2D eigenvalue weighted by molar-refractivity contribution is -0.132. The predicted molar refractivity (Wildman–Crippen MR) is 84.7 cm³/mol. The van der Waals surface area contributed by atoms with Gasteiger partial charge in [-0.1, -0.05) is 6.07 Å². The molecule has 21 heavy (non-hydrogen) atoms. The molecule has 1 aliphatic rings. The minimum Gasteiger partial charge on any atom is -0.493 e. The number of hydrogen-bond acceptors (Lipinski definition) is 4. The number of nitrogens with two attached hydrogens (primary N) is 1. The quantitative estimate of drug-likeness (QED) is 0.892. The lowest BCUT2D eigenvalue weighted by Gasteiger charge is -2.30. The molecule has 1 aromatic rings. The molecule has 0 saturated carbocycles. The van der Waals surface area contributed by atoms with Gasteiger partial charge in [0.25, 0.3) is 0 Å². The number of ether oxygens (including phenoxy) is 1. The lowest BCUT2D eigenvalue weighted by Crippen LogP contribution is -2.43. The van der Waals surface area contributed by atoms with Gasteiger partial charge in [-0.15, -0.1) is 0 Å². The van der Waals surface area contributed by atoms with E-state index < -0.39 is 0 Å². The molecule has 0 bridgehead atoms. The first kappa shape index (κ1) is 15.6. The highest BCUT2D eigenvalue weighted by Gasteiger charge is 2.20. The predicted octanol–water partition coefficient (Wildman–Crippen LogP) is 1.47. The fraction of sp³-hybridized carbons (Fsp3) is 0.562. The molecule has 1 amide bonds. The second kappa shape index (κ2) is 7.31. The minimum absolute atomic E-state index is 0.158. The van der Waals surface area contributed by atoms with Crippen molar-refractivity contribution >= 4 is 11.6 Å². The molecule has 1 aliphatic heterocycles. The summed E-state index contributed by atoms with van der Waals surface area (Å²) in [7, 11) is 3.98. The second-order valence-electron chi connectivity index (χ2n) is 5.71. The lowest BCUT2D eigenvalue weighted by atomic mass is 10.1. The number of anilines is 1. The Morgan fingerprint density at radius 1 is 1.38 bits per heavy atom. The number of nitrogens with zero attached hydrogens (tertiary/aromatic N) is 2. The Kier molecular flexibility index (Phi) is 5.44. The molecule has 0 atom stereocenters. The SMILES string of the molecule is CN(C)c1cccc(OCCC(=O)N2CCC(N)CC2)c1. The van der Waals surface area contributed by atoms with Crippen LogP contribution < -0.4 is 15.4 Å². The van der Waals surface area contributed by atoms with Crippen LogP contribution in [0.5, 0.6) is 5.75 Å². The number of piperidine rings is 1. The minimum atomic E-state index is 0.158. The summed E-state index contributed by atoms with van der Waals surface area (Å²) in [4.78, 5) is 16.0. The molecule has 1 aromatic carbocycles. The van der Waals surface area contributed by atoms with E-state index in [2.05, 4.69) is 0 Å². The van der Waals surface area contributed by atoms with E-state index in [1.807, 2.05) is 48.2 Å². The molecule has 0 spiro atoms. The maximum absolute atomic E-state index is 12.1. The van der Waals surface area contributed by atoms with E-state index in [1.54, 1.807) is 0 Å². The molecule has 116 valence electrons. The Hall–Kier alpha value is -1.75. The molecule has 0 unspecified atom stereocenters. The molecule has 5 nitrogen and oxygen atoms in total. The maximum Gasteiger partial charge on any atom is 0.225 e. The van der Waals surface area contributed by atoms with Crippen molar-refractivity contribution in [3.8, 4) is 5.75 Å². The van der Waals surface area contributed by atoms with E-state index in [0.29, 0.717) is 13.0 Å². The van der Waals surface area contributed by atoms with Crippen LogP contribution in [0.15, 0.2) is 24.3 Å². The van der Waals surface area contributed by atoms with Crippen molar-refractivity contribution in [2.24, 2.45) is 5.73 Å². The first-order valence-corrected chi connectivity index (χ1v) is 7.50. The molecule has 2 rings (SSSR count). The third-order valence-corrected chi connectivity index (χ3v) is 3.81. The molecule has 2 N–H and O–H groups in total. The van der Waals surface area contributed by atoms with Gasteiger partial charge < -0.3 is 20.3 Å². The highest BCUT2D eigenvalue weighted by molar-refractivity contribution is 5.76. The van der Waals surface area contributed by atoms with Gasteiger partial charge in [0.2, 0.25) is 5.91 Å². The van der Waals surface area contributed by atoms with Gasteiger partial charge in [0.05, 0.1) is 13.0 Å². The van der Waals surface area contributed by atoms with Crippen LogP contribution in [0.25, 0.3) is 0 Å². The Balaban J connectivity index is 1.76. The summed E-state index contributed by atoms with van der Waals surface area (Å²) in [6, 6.07) is 8.12. The zero-order chi connectivity index (χ0) is 15.2. The fourth-order valence-corrected chi connectivity index (χ4v) is 2.41. The van der Waals surface area contributed by atoms with Crippen molar-refractivity contribution in [1.29, 1.82) is 0 Å². The summed E-state index contributed by atoms with van der Waals surface area (Å²) in [6.45, 7) is 1.96. The molecule has 5 heteroatoms. The normalized spacial score (nSPS) is 15.9. The smallest absolute Gasteiger partial charge is 0.225 e. The van der Waals surface area contributed by atoms with Crippen LogP contribution in [0.3, 0.4) is 0 Å². The zero-order valence-corrected chi connectivity index (χ0v) is 12.9. The van der Waals surface area contributed by atoms with E-state index in [-0.39, 0.29) is 11.9 Å². The summed E-state index contributed by atoms with van der Waals surface area (Å²) >= 11 is 0. The van der Waals surface area contributed by atoms with E-state index in [9.17, 15) is 4.79 Å². The molecule has 1 saturated heterocycles. The number of likely N-dealkylation sites (tertiary alicyclic amines) is 1. The highest BCUT2D eigenvalue weighted by atomic mass is 16.5. The number of rotatable bonds is 5. The largest absolute Gasteiger partial charge is 0.493 e. The van der Waals surface area contributed by atoms with Crippen LogP contribution in [0.4, 0.5) is 5.69 Å². The number of benzene rings is 1. The van der Waals surface area contributed by atoms with Crippen molar-refractivity contribution in [2.45, 2.75) is 25.3 Å². The van der Waals surface area contributed by atoms with Gasteiger partial charge in [-0.05, 0) is 25.0 Å². The van der Waals surface area contributed by atoms with Crippen molar-refractivity contribution < 1.29 is 9.53 Å². The monoisotopic (exact) mass is 291 g/mol. The summed E-state index contributed by atoms with van der Waals surface area (Å²) in [5.41, 5.74) is 6.93. The van der Waals surface area contributed by atoms with Gasteiger partial charge >= 0.3 is 0 Å². The molecule has 0 aromatic heterocycles. The van der Waals surface area contributed by atoms with Crippen molar-refractivity contribution in [3.05, 3.63) is 24.3 Å². The van der Waals surface area contributed by atoms with Gasteiger partial charge in [0.15, 0.2) is 0 Å². The topological polar surface area (TPSA) is 58.8 Å². The van der Waals surface area contributed by atoms with Gasteiger partial charge in [-0.3, -0.25) is 4.79 Å². The van der Waals surface area contributed by atoms with E-state index in [1.165, 1.54) is 0 Å². The third kappa shape index (κ3) is 4.63. The van der Waals surface area contributed by atoms with Gasteiger partial charge in [-0.2, -0.15) is 0 Å². The molecular formula is C16H25N3O2. The highest BCUT2D eigenvalue weighted by Crippen LogP contribution is 2.19. The molecule has 0 radical (unpaired) electrons. The Labute approximate surface area is 126 Å². The van der Waals surface area contributed by atoms with Crippen LogP contribution in [0, 0.1) is 0 Å². The maximum atomic E-state index is 12.1. The summed E-state index contributed by atoms with van der Waals surface area (Å²) in [6.07, 6.45) is 2.22. The zero-order valence-electron chi connectivity index (χ0n) is 12.9. The summed E-state index contributed by atoms with van der Waals surface area (Å²) in [5, 5.41) is 0. The van der Waals surface area contributed by atoms with Gasteiger partial charge in [0, 0.05) is 45.0 Å². The Morgan fingerprint density at radius 3 is 2.76 bits per heavy atom. The second-order valence-corrected chi connectivity index (χ2v) is 5.71. The molecule has 0 aliphatic carbocycles. The van der Waals surface area contributed by atoms with Crippen LogP contribution in [-0.2, 0) is 4.79 Å². The van der Waals surface area contributed by atoms with Crippen LogP contribution in [0.1, 0.15) is 19.3 Å². The van der Waals surface area contributed by atoms with Crippen molar-refractivity contribution in [1.82, 2.24) is 4.90 Å². The number of amides is 1. The standard InChI is InChI=1S/C16H25N3O2/c1-18(2)14-4-3-5-15(12-14)21-11-8-16(20)19-9-6-13(17)7-10-19/h3-5,12-13H,6-11,17H2,1-2H3. The average molecular weight is 291 g/mol. The Morgan fingerprint density at radius 2 is 2.10 bits per heavy atom. The first-order valence-electron chi connectivity index (χ1n) is 7.50. The van der Waals surface area contributed by atoms with Crippen molar-refractivity contribution in [3.63, 3.8) is 0 Å². The van der Waals surface area contributed by atoms with E-state index in [0.717, 1.165) is 37.4 Å². The van der Waals surface area contributed by atoms with Gasteiger partial charge in [0.1, 0.15) is 5.75 Å². The van der Waals surface area contributed by atoms with Crippen LogP contribution in [-0.4, -0.2) is 50.6 Å². The summed E-state index contributed by atoms with van der Waals surface area (Å²) < 4.78 is 5.68. The molecule has 1 heterocycles. The van der Waals surface area contributed by atoms with E-state index in [4.69, 9.17) is 10.5 Å². The summed E-state index contributed by atoms with van der Waals surface area (Å²) in [5.74, 6) is 0.959. The van der Waals surface area contributed by atoms with Crippen molar-refractivity contribution in [2.75, 3.05) is 38.7 Å². The third-order valence-electron chi connectivity index (χ3n) is 3.81. The average Bonchev–Trinajstić information content (AvgIpc) is 2.48. The number of hydrogen-bond donors (Lipinski definition) is 1. The molecule has 1 fully saturated rings. The number of carbonyl (C=O) groups is 1. The van der Waals surface area contributed by atoms with Gasteiger partial charge in [-0.25, -0.2) is 0 Å².